The number of rotatable bonds is 7. The van der Waals surface area contributed by atoms with Gasteiger partial charge < -0.3 is 10.4 Å². The first kappa shape index (κ1) is 15.9. The van der Waals surface area contributed by atoms with Crippen molar-refractivity contribution in [2.45, 2.75) is 59.9 Å². The van der Waals surface area contributed by atoms with Gasteiger partial charge in [0, 0.05) is 12.5 Å². The van der Waals surface area contributed by atoms with Crippen molar-refractivity contribution in [3.63, 3.8) is 0 Å². The normalized spacial score (nSPS) is 15.1. The molecule has 0 spiro atoms. The highest BCUT2D eigenvalue weighted by Crippen LogP contribution is 2.25. The van der Waals surface area contributed by atoms with Crippen LogP contribution in [-0.4, -0.2) is 23.0 Å². The molecule has 17 heavy (non-hydrogen) atoms. The van der Waals surface area contributed by atoms with Crippen LogP contribution in [0.5, 0.6) is 0 Å². The zero-order chi connectivity index (χ0) is 13.6. The standard InChI is InChI=1S/C13H25NO3/c1-6-9(2)10(3)14-11(15)7-13(4,5)8-12(16)17/h9-10H,6-8H2,1-5H3,(H,14,15)(H,16,17). The van der Waals surface area contributed by atoms with Gasteiger partial charge in [0.05, 0.1) is 6.42 Å². The monoisotopic (exact) mass is 243 g/mol. The van der Waals surface area contributed by atoms with Gasteiger partial charge in [-0.2, -0.15) is 0 Å². The van der Waals surface area contributed by atoms with Gasteiger partial charge in [0.25, 0.3) is 0 Å². The largest absolute Gasteiger partial charge is 0.481 e. The van der Waals surface area contributed by atoms with Crippen LogP contribution in [0.1, 0.15) is 53.9 Å². The maximum Gasteiger partial charge on any atom is 0.303 e. The van der Waals surface area contributed by atoms with E-state index in [0.29, 0.717) is 5.92 Å². The number of carboxylic acids is 1. The molecule has 0 aromatic rings. The molecule has 0 radical (unpaired) electrons. The Morgan fingerprint density at radius 3 is 2.18 bits per heavy atom. The molecule has 2 unspecified atom stereocenters. The first-order valence-corrected chi connectivity index (χ1v) is 6.19. The number of nitrogens with one attached hydrogen (secondary N) is 1. The van der Waals surface area contributed by atoms with Crippen LogP contribution in [0.4, 0.5) is 0 Å². The SMILES string of the molecule is CCC(C)C(C)NC(=O)CC(C)(C)CC(=O)O. The lowest BCUT2D eigenvalue weighted by Crippen LogP contribution is -2.39. The lowest BCUT2D eigenvalue weighted by molar-refractivity contribution is -0.139. The highest BCUT2D eigenvalue weighted by molar-refractivity contribution is 5.78. The molecule has 2 atom stereocenters. The Kier molecular flexibility index (Phi) is 6.21. The summed E-state index contributed by atoms with van der Waals surface area (Å²) in [6.07, 6.45) is 1.28. The van der Waals surface area contributed by atoms with Crippen LogP contribution >= 0.6 is 0 Å². The van der Waals surface area contributed by atoms with Gasteiger partial charge in [0.15, 0.2) is 0 Å². The molecule has 0 fully saturated rings. The van der Waals surface area contributed by atoms with Gasteiger partial charge in [-0.05, 0) is 18.3 Å². The van der Waals surface area contributed by atoms with Crippen LogP contribution in [0.15, 0.2) is 0 Å². The van der Waals surface area contributed by atoms with Gasteiger partial charge in [-0.1, -0.05) is 34.1 Å². The molecule has 0 aliphatic heterocycles. The third kappa shape index (κ3) is 6.97. The molecule has 0 aliphatic rings. The molecule has 0 aromatic carbocycles. The summed E-state index contributed by atoms with van der Waals surface area (Å²) in [6, 6.07) is 0.133. The van der Waals surface area contributed by atoms with E-state index in [1.165, 1.54) is 0 Å². The van der Waals surface area contributed by atoms with Crippen LogP contribution in [-0.2, 0) is 9.59 Å². The number of amides is 1. The van der Waals surface area contributed by atoms with Crippen LogP contribution in [0.2, 0.25) is 0 Å². The van der Waals surface area contributed by atoms with Gasteiger partial charge in [0.2, 0.25) is 5.91 Å². The lowest BCUT2D eigenvalue weighted by atomic mass is 9.85. The third-order valence-electron chi connectivity index (χ3n) is 3.16. The Bertz CT molecular complexity index is 274. The molecule has 4 nitrogen and oxygen atoms in total. The van der Waals surface area contributed by atoms with Crippen LogP contribution < -0.4 is 5.32 Å². The maximum atomic E-state index is 11.8. The zero-order valence-electron chi connectivity index (χ0n) is 11.5. The van der Waals surface area contributed by atoms with Gasteiger partial charge in [-0.3, -0.25) is 9.59 Å². The molecule has 0 heterocycles. The molecule has 0 aliphatic carbocycles. The lowest BCUT2D eigenvalue weighted by Gasteiger charge is -2.25. The topological polar surface area (TPSA) is 66.4 Å². The van der Waals surface area contributed by atoms with Crippen molar-refractivity contribution in [3.05, 3.63) is 0 Å². The minimum absolute atomic E-state index is 0.0120. The summed E-state index contributed by atoms with van der Waals surface area (Å²) in [5.74, 6) is -0.497. The molecule has 4 heteroatoms. The fraction of sp³-hybridized carbons (Fsp3) is 0.846. The predicted molar refractivity (Wildman–Crippen MR) is 67.7 cm³/mol. The summed E-state index contributed by atoms with van der Waals surface area (Å²) in [4.78, 5) is 22.4. The molecular weight excluding hydrogens is 218 g/mol. The quantitative estimate of drug-likeness (QED) is 0.721. The minimum Gasteiger partial charge on any atom is -0.481 e. The van der Waals surface area contributed by atoms with Crippen molar-refractivity contribution in [2.75, 3.05) is 0 Å². The number of carboxylic acid groups (broad SMARTS) is 1. The second-order valence-electron chi connectivity index (χ2n) is 5.65. The zero-order valence-corrected chi connectivity index (χ0v) is 11.5. The van der Waals surface area contributed by atoms with Crippen LogP contribution in [0.25, 0.3) is 0 Å². The average molecular weight is 243 g/mol. The van der Waals surface area contributed by atoms with Crippen molar-refractivity contribution < 1.29 is 14.7 Å². The van der Waals surface area contributed by atoms with Gasteiger partial charge in [0.1, 0.15) is 0 Å². The van der Waals surface area contributed by atoms with E-state index in [1.807, 2.05) is 6.92 Å². The molecule has 1 amide bonds. The van der Waals surface area contributed by atoms with E-state index >= 15 is 0 Å². The van der Waals surface area contributed by atoms with Crippen molar-refractivity contribution in [1.29, 1.82) is 0 Å². The summed E-state index contributed by atoms with van der Waals surface area (Å²) in [7, 11) is 0. The number of aliphatic carboxylic acids is 1. The number of hydrogen-bond donors (Lipinski definition) is 2. The molecule has 100 valence electrons. The van der Waals surface area contributed by atoms with E-state index in [1.54, 1.807) is 13.8 Å². The second kappa shape index (κ2) is 6.62. The summed E-state index contributed by atoms with van der Waals surface area (Å²) in [5.41, 5.74) is -0.495. The van der Waals surface area contributed by atoms with Crippen LogP contribution in [0, 0.1) is 11.3 Å². The van der Waals surface area contributed by atoms with Crippen LogP contribution in [0.3, 0.4) is 0 Å². The molecule has 0 saturated carbocycles. The Labute approximate surface area is 104 Å². The maximum absolute atomic E-state index is 11.8. The smallest absolute Gasteiger partial charge is 0.303 e. The molecular formula is C13H25NO3. The Morgan fingerprint density at radius 1 is 1.24 bits per heavy atom. The molecule has 0 rings (SSSR count). The molecule has 0 bridgehead atoms. The van der Waals surface area contributed by atoms with Gasteiger partial charge in [-0.25, -0.2) is 0 Å². The van der Waals surface area contributed by atoms with Gasteiger partial charge >= 0.3 is 5.97 Å². The van der Waals surface area contributed by atoms with E-state index in [4.69, 9.17) is 5.11 Å². The second-order valence-corrected chi connectivity index (χ2v) is 5.65. The molecule has 2 N–H and O–H groups in total. The van der Waals surface area contributed by atoms with Crippen molar-refractivity contribution in [3.8, 4) is 0 Å². The summed E-state index contributed by atoms with van der Waals surface area (Å²) in [6.45, 7) is 9.76. The minimum atomic E-state index is -0.863. The first-order valence-electron chi connectivity index (χ1n) is 6.19. The van der Waals surface area contributed by atoms with E-state index in [9.17, 15) is 9.59 Å². The number of carbonyl (C=O) groups is 2. The highest BCUT2D eigenvalue weighted by Gasteiger charge is 2.26. The summed E-state index contributed by atoms with van der Waals surface area (Å²) in [5, 5.41) is 11.7. The van der Waals surface area contributed by atoms with E-state index < -0.39 is 11.4 Å². The van der Waals surface area contributed by atoms with E-state index in [0.717, 1.165) is 6.42 Å². The fourth-order valence-corrected chi connectivity index (χ4v) is 1.71. The Balaban J connectivity index is 4.21. The van der Waals surface area contributed by atoms with E-state index in [2.05, 4.69) is 19.2 Å². The fourth-order valence-electron chi connectivity index (χ4n) is 1.71. The molecule has 0 saturated heterocycles. The van der Waals surface area contributed by atoms with Gasteiger partial charge in [-0.15, -0.1) is 0 Å². The Hall–Kier alpha value is -1.06. The van der Waals surface area contributed by atoms with Crippen molar-refractivity contribution in [2.24, 2.45) is 11.3 Å². The highest BCUT2D eigenvalue weighted by atomic mass is 16.4. The Morgan fingerprint density at radius 2 is 1.76 bits per heavy atom. The first-order chi connectivity index (χ1) is 7.68. The van der Waals surface area contributed by atoms with Crippen molar-refractivity contribution >= 4 is 11.9 Å². The number of hydrogen-bond acceptors (Lipinski definition) is 2. The third-order valence-corrected chi connectivity index (χ3v) is 3.16. The van der Waals surface area contributed by atoms with E-state index in [-0.39, 0.29) is 24.8 Å². The predicted octanol–water partition coefficient (Wildman–Crippen LogP) is 2.43. The average Bonchev–Trinajstić information content (AvgIpc) is 2.12. The summed E-state index contributed by atoms with van der Waals surface area (Å²) >= 11 is 0. The number of carbonyl (C=O) groups excluding carboxylic acids is 1. The summed E-state index contributed by atoms with van der Waals surface area (Å²) < 4.78 is 0. The van der Waals surface area contributed by atoms with Crippen molar-refractivity contribution in [1.82, 2.24) is 5.32 Å². The molecule has 0 aromatic heterocycles.